The van der Waals surface area contributed by atoms with Gasteiger partial charge in [0.05, 0.1) is 8.07 Å². The van der Waals surface area contributed by atoms with E-state index in [9.17, 15) is 4.79 Å². The number of carbonyl (C=O) groups is 1. The number of esters is 1. The summed E-state index contributed by atoms with van der Waals surface area (Å²) in [7, 11) is -3.84. The second-order valence-electron chi connectivity index (χ2n) is 7.72. The number of rotatable bonds is 3. The molecule has 128 valence electrons. The Hall–Kier alpha value is -1.80. The Bertz CT molecular complexity index is 823. The Morgan fingerprint density at radius 2 is 1.75 bits per heavy atom. The quantitative estimate of drug-likeness (QED) is 0.242. The SMILES string of the molecule is [2H]C([2H])([2H])C(=C=C(OC(C)=O)c1ccccc1C#C[Si](C)(C)C)[Si](C)(C)C. The number of allylic oxidation sites excluding steroid dienone is 1. The van der Waals surface area contributed by atoms with Crippen molar-refractivity contribution in [3.05, 3.63) is 46.3 Å². The molecule has 0 heterocycles. The summed E-state index contributed by atoms with van der Waals surface area (Å²) in [5.74, 6) is 2.78. The molecule has 0 bridgehead atoms. The third-order valence-corrected chi connectivity index (χ3v) is 5.48. The third kappa shape index (κ3) is 6.76. The Kier molecular flexibility index (Phi) is 5.14. The highest BCUT2D eigenvalue weighted by Gasteiger charge is 2.17. The topological polar surface area (TPSA) is 26.3 Å². The van der Waals surface area contributed by atoms with Crippen molar-refractivity contribution >= 4 is 27.9 Å². The van der Waals surface area contributed by atoms with Crippen LogP contribution in [0.15, 0.2) is 35.2 Å². The van der Waals surface area contributed by atoms with Gasteiger partial charge in [0.25, 0.3) is 0 Å². The van der Waals surface area contributed by atoms with Gasteiger partial charge in [-0.15, -0.1) is 5.54 Å². The fraction of sp³-hybridized carbons (Fsp3) is 0.400. The first-order valence-electron chi connectivity index (χ1n) is 9.44. The van der Waals surface area contributed by atoms with E-state index in [0.29, 0.717) is 11.1 Å². The van der Waals surface area contributed by atoms with E-state index in [1.807, 2.05) is 37.8 Å². The Labute approximate surface area is 152 Å². The zero-order valence-corrected chi connectivity index (χ0v) is 17.6. The molecule has 0 aliphatic carbocycles. The molecule has 0 aliphatic heterocycles. The second kappa shape index (κ2) is 7.85. The first kappa shape index (κ1) is 15.7. The lowest BCUT2D eigenvalue weighted by Gasteiger charge is -2.15. The van der Waals surface area contributed by atoms with Crippen LogP contribution < -0.4 is 0 Å². The van der Waals surface area contributed by atoms with Gasteiger partial charge in [0.2, 0.25) is 0 Å². The maximum atomic E-state index is 11.7. The lowest BCUT2D eigenvalue weighted by Crippen LogP contribution is -2.21. The first-order chi connectivity index (χ1) is 12.1. The molecule has 0 saturated carbocycles. The van der Waals surface area contributed by atoms with E-state index < -0.39 is 29.0 Å². The molecule has 2 nitrogen and oxygen atoms in total. The molecule has 0 N–H and O–H groups in total. The Balaban J connectivity index is 3.84. The van der Waals surface area contributed by atoms with Crippen molar-refractivity contribution < 1.29 is 13.6 Å². The number of ether oxygens (including phenoxy) is 1. The van der Waals surface area contributed by atoms with Crippen molar-refractivity contribution in [1.82, 2.24) is 0 Å². The van der Waals surface area contributed by atoms with E-state index in [2.05, 4.69) is 36.8 Å². The van der Waals surface area contributed by atoms with Crippen molar-refractivity contribution in [3.63, 3.8) is 0 Å². The predicted molar refractivity (Wildman–Crippen MR) is 108 cm³/mol. The van der Waals surface area contributed by atoms with E-state index in [0.717, 1.165) is 0 Å². The molecule has 1 aromatic rings. The maximum Gasteiger partial charge on any atom is 0.308 e. The van der Waals surface area contributed by atoms with E-state index in [1.165, 1.54) is 6.92 Å². The molecule has 0 radical (unpaired) electrons. The van der Waals surface area contributed by atoms with E-state index in [1.54, 1.807) is 6.07 Å². The van der Waals surface area contributed by atoms with Crippen LogP contribution in [0.25, 0.3) is 5.76 Å². The van der Waals surface area contributed by atoms with Crippen LogP contribution in [0.4, 0.5) is 0 Å². The molecule has 0 spiro atoms. The number of benzene rings is 1. The molecule has 0 fully saturated rings. The Morgan fingerprint density at radius 3 is 2.25 bits per heavy atom. The van der Waals surface area contributed by atoms with E-state index in [4.69, 9.17) is 8.85 Å². The lowest BCUT2D eigenvalue weighted by atomic mass is 10.1. The fourth-order valence-electron chi connectivity index (χ4n) is 1.64. The summed E-state index contributed by atoms with van der Waals surface area (Å²) in [6, 6.07) is 7.29. The number of hydrogen-bond donors (Lipinski definition) is 0. The summed E-state index contributed by atoms with van der Waals surface area (Å²) in [6.07, 6.45) is 0. The summed E-state index contributed by atoms with van der Waals surface area (Å²) in [5, 5.41) is 0.235. The van der Waals surface area contributed by atoms with Crippen molar-refractivity contribution in [2.24, 2.45) is 0 Å². The molecule has 0 aliphatic rings. The van der Waals surface area contributed by atoms with Crippen molar-refractivity contribution in [2.75, 3.05) is 0 Å². The monoisotopic (exact) mass is 359 g/mol. The Morgan fingerprint density at radius 1 is 1.12 bits per heavy atom. The van der Waals surface area contributed by atoms with E-state index >= 15 is 0 Å². The zero-order valence-electron chi connectivity index (χ0n) is 18.6. The summed E-state index contributed by atoms with van der Waals surface area (Å²) in [5.41, 5.74) is 7.53. The highest BCUT2D eigenvalue weighted by molar-refractivity contribution is 6.84. The average Bonchev–Trinajstić information content (AvgIpc) is 2.46. The molecule has 0 atom stereocenters. The third-order valence-electron chi connectivity index (χ3n) is 2.98. The summed E-state index contributed by atoms with van der Waals surface area (Å²) >= 11 is 0. The van der Waals surface area contributed by atoms with Gasteiger partial charge in [-0.05, 0) is 24.2 Å². The predicted octanol–water partition coefficient (Wildman–Crippen LogP) is 5.24. The zero-order chi connectivity index (χ0) is 21.0. The minimum atomic E-state index is -2.30. The molecule has 4 heteroatoms. The van der Waals surface area contributed by atoms with Gasteiger partial charge >= 0.3 is 5.97 Å². The molecular formula is C20H28O2Si2. The van der Waals surface area contributed by atoms with Crippen LogP contribution in [-0.2, 0) is 9.53 Å². The van der Waals surface area contributed by atoms with Gasteiger partial charge in [-0.2, -0.15) is 0 Å². The van der Waals surface area contributed by atoms with Crippen molar-refractivity contribution in [1.29, 1.82) is 0 Å². The minimum absolute atomic E-state index is 0.122. The molecule has 24 heavy (non-hydrogen) atoms. The van der Waals surface area contributed by atoms with Crippen LogP contribution in [0, 0.1) is 11.5 Å². The highest BCUT2D eigenvalue weighted by atomic mass is 28.3. The van der Waals surface area contributed by atoms with Gasteiger partial charge in [0.1, 0.15) is 8.07 Å². The molecular weight excluding hydrogens is 328 g/mol. The van der Waals surface area contributed by atoms with Crippen LogP contribution in [0.5, 0.6) is 0 Å². The van der Waals surface area contributed by atoms with Gasteiger partial charge in [0.15, 0.2) is 5.76 Å². The second-order valence-corrected chi connectivity index (χ2v) is 17.5. The highest BCUT2D eigenvalue weighted by Crippen LogP contribution is 2.22. The molecule has 0 aromatic heterocycles. The van der Waals surface area contributed by atoms with Crippen molar-refractivity contribution in [2.45, 2.75) is 53.1 Å². The maximum absolute atomic E-state index is 11.7. The largest absolute Gasteiger partial charge is 0.417 e. The van der Waals surface area contributed by atoms with E-state index in [-0.39, 0.29) is 11.0 Å². The molecule has 0 amide bonds. The van der Waals surface area contributed by atoms with Crippen LogP contribution in [0.1, 0.15) is 29.0 Å². The van der Waals surface area contributed by atoms with Crippen LogP contribution >= 0.6 is 0 Å². The van der Waals surface area contributed by atoms with Crippen LogP contribution in [0.3, 0.4) is 0 Å². The number of carbonyl (C=O) groups excluding carboxylic acids is 1. The van der Waals surface area contributed by atoms with Gasteiger partial charge < -0.3 is 4.74 Å². The number of hydrogen-bond acceptors (Lipinski definition) is 2. The molecule has 0 saturated heterocycles. The summed E-state index contributed by atoms with van der Waals surface area (Å²) in [4.78, 5) is 11.7. The lowest BCUT2D eigenvalue weighted by molar-refractivity contribution is -0.134. The molecule has 1 aromatic carbocycles. The van der Waals surface area contributed by atoms with Crippen molar-refractivity contribution in [3.8, 4) is 11.5 Å². The minimum Gasteiger partial charge on any atom is -0.417 e. The van der Waals surface area contributed by atoms with Crippen LogP contribution in [0.2, 0.25) is 39.3 Å². The average molecular weight is 360 g/mol. The smallest absolute Gasteiger partial charge is 0.308 e. The summed E-state index contributed by atoms with van der Waals surface area (Å²) < 4.78 is 29.1. The normalized spacial score (nSPS) is 13.4. The van der Waals surface area contributed by atoms with Gasteiger partial charge in [-0.3, -0.25) is 4.79 Å². The summed E-state index contributed by atoms with van der Waals surface area (Å²) in [6.45, 7) is 11.2. The molecule has 0 unspecified atom stereocenters. The first-order valence-corrected chi connectivity index (χ1v) is 14.9. The standard InChI is InChI=1S/C20H28O2Si2/c1-16(24(6,7)8)15-20(22-17(2)21)19-12-10-9-11-18(19)13-14-23(3,4)5/h9-12H,1-8H3/i1D3. The van der Waals surface area contributed by atoms with Gasteiger partial charge in [-0.1, -0.05) is 63.1 Å². The van der Waals surface area contributed by atoms with Gasteiger partial charge in [0, 0.05) is 22.2 Å². The fourth-order valence-corrected chi connectivity index (χ4v) is 2.64. The van der Waals surface area contributed by atoms with Crippen LogP contribution in [-0.4, -0.2) is 22.1 Å². The van der Waals surface area contributed by atoms with Gasteiger partial charge in [-0.25, -0.2) is 0 Å². The molecule has 1 rings (SSSR count).